The summed E-state index contributed by atoms with van der Waals surface area (Å²) >= 11 is 0. The predicted molar refractivity (Wildman–Crippen MR) is 111 cm³/mol. The average Bonchev–Trinajstić information content (AvgIpc) is 3.13. The minimum atomic E-state index is -1.66. The van der Waals surface area contributed by atoms with E-state index in [1.54, 1.807) is 13.1 Å². The molecule has 6 heteroatoms. The van der Waals surface area contributed by atoms with E-state index in [0.29, 0.717) is 17.6 Å². The molecule has 0 amide bonds. The number of nitriles is 2. The molecule has 1 atom stereocenters. The van der Waals surface area contributed by atoms with Gasteiger partial charge >= 0.3 is 5.97 Å². The molecule has 148 valence electrons. The Morgan fingerprint density at radius 3 is 2.57 bits per heavy atom. The van der Waals surface area contributed by atoms with Crippen LogP contribution in [0.2, 0.25) is 0 Å². The first kappa shape index (κ1) is 19.4. The van der Waals surface area contributed by atoms with Crippen LogP contribution in [0.1, 0.15) is 36.1 Å². The minimum absolute atomic E-state index is 0.213. The molecule has 1 fully saturated rings. The first-order valence-electron chi connectivity index (χ1n) is 9.83. The standard InChI is InChI=1S/C24H20N4O2/c1-2-30-23(29)20(12-17-8-4-3-5-9-17)21-13-22-19-11-7-6-10-18(19)14-27-28(22)24(21,15-25)16-26/h3-11,14,22H,2,12-13H2,1H3/b21-20-/t22-/m0/s1. The van der Waals surface area contributed by atoms with Crippen molar-refractivity contribution in [2.24, 2.45) is 5.10 Å². The second-order valence-corrected chi connectivity index (χ2v) is 7.21. The molecule has 0 bridgehead atoms. The van der Waals surface area contributed by atoms with Crippen molar-refractivity contribution in [2.75, 3.05) is 6.61 Å². The molecule has 0 N–H and O–H groups in total. The molecular weight excluding hydrogens is 376 g/mol. The summed E-state index contributed by atoms with van der Waals surface area (Å²) < 4.78 is 5.32. The van der Waals surface area contributed by atoms with Crippen LogP contribution >= 0.6 is 0 Å². The third-order valence-electron chi connectivity index (χ3n) is 5.58. The quantitative estimate of drug-likeness (QED) is 0.581. The molecule has 2 aromatic rings. The monoisotopic (exact) mass is 396 g/mol. The normalized spacial score (nSPS) is 19.8. The molecule has 1 saturated heterocycles. The topological polar surface area (TPSA) is 89.5 Å². The predicted octanol–water partition coefficient (Wildman–Crippen LogP) is 3.67. The smallest absolute Gasteiger partial charge is 0.334 e. The zero-order valence-electron chi connectivity index (χ0n) is 16.6. The number of rotatable bonds is 4. The highest BCUT2D eigenvalue weighted by Gasteiger charge is 2.54. The Morgan fingerprint density at radius 2 is 1.87 bits per heavy atom. The maximum Gasteiger partial charge on any atom is 0.334 e. The van der Waals surface area contributed by atoms with Gasteiger partial charge in [-0.15, -0.1) is 0 Å². The lowest BCUT2D eigenvalue weighted by molar-refractivity contribution is -0.138. The van der Waals surface area contributed by atoms with Gasteiger partial charge in [-0.25, -0.2) is 4.79 Å². The summed E-state index contributed by atoms with van der Waals surface area (Å²) in [5, 5.41) is 26.2. The van der Waals surface area contributed by atoms with E-state index in [2.05, 4.69) is 17.2 Å². The van der Waals surface area contributed by atoms with E-state index in [-0.39, 0.29) is 19.1 Å². The molecule has 0 saturated carbocycles. The molecule has 0 unspecified atom stereocenters. The Labute approximate surface area is 175 Å². The lowest BCUT2D eigenvalue weighted by atomic mass is 9.86. The van der Waals surface area contributed by atoms with Crippen molar-refractivity contribution in [1.82, 2.24) is 5.01 Å². The van der Waals surface area contributed by atoms with E-state index in [1.165, 1.54) is 5.01 Å². The van der Waals surface area contributed by atoms with Gasteiger partial charge in [-0.1, -0.05) is 54.6 Å². The third-order valence-corrected chi connectivity index (χ3v) is 5.58. The fraction of sp³-hybridized carbons (Fsp3) is 0.250. The van der Waals surface area contributed by atoms with Crippen LogP contribution in [-0.4, -0.2) is 29.3 Å². The largest absolute Gasteiger partial charge is 0.463 e. The van der Waals surface area contributed by atoms with Crippen molar-refractivity contribution in [1.29, 1.82) is 10.5 Å². The molecule has 0 spiro atoms. The highest BCUT2D eigenvalue weighted by Crippen LogP contribution is 2.49. The van der Waals surface area contributed by atoms with Crippen LogP contribution < -0.4 is 0 Å². The molecule has 2 aromatic carbocycles. The Bertz CT molecular complexity index is 1110. The minimum Gasteiger partial charge on any atom is -0.463 e. The fourth-order valence-corrected chi connectivity index (χ4v) is 4.19. The van der Waals surface area contributed by atoms with Gasteiger partial charge in [0.15, 0.2) is 0 Å². The van der Waals surface area contributed by atoms with Gasteiger partial charge in [-0.3, -0.25) is 5.01 Å². The number of carbonyl (C=O) groups is 1. The van der Waals surface area contributed by atoms with Gasteiger partial charge in [-0.05, 0) is 35.6 Å². The summed E-state index contributed by atoms with van der Waals surface area (Å²) in [7, 11) is 0. The second-order valence-electron chi connectivity index (χ2n) is 7.21. The molecule has 6 nitrogen and oxygen atoms in total. The van der Waals surface area contributed by atoms with Crippen molar-refractivity contribution >= 4 is 12.2 Å². The number of hydrazone groups is 1. The van der Waals surface area contributed by atoms with Gasteiger partial charge in [-0.2, -0.15) is 15.6 Å². The van der Waals surface area contributed by atoms with Crippen molar-refractivity contribution in [3.05, 3.63) is 82.4 Å². The molecule has 30 heavy (non-hydrogen) atoms. The number of fused-ring (bicyclic) bond motifs is 3. The molecule has 0 aliphatic carbocycles. The number of esters is 1. The SMILES string of the molecule is CCOC(=O)/C(Cc1ccccc1)=C1/C[C@H]2c3ccccc3C=NN2C1(C#N)C#N. The Hall–Kier alpha value is -3.90. The van der Waals surface area contributed by atoms with Gasteiger partial charge in [0, 0.05) is 12.0 Å². The van der Waals surface area contributed by atoms with E-state index >= 15 is 0 Å². The van der Waals surface area contributed by atoms with E-state index in [0.717, 1.165) is 16.7 Å². The first-order valence-corrected chi connectivity index (χ1v) is 9.83. The number of hydrogen-bond acceptors (Lipinski definition) is 6. The number of nitrogens with zero attached hydrogens (tertiary/aromatic N) is 4. The number of benzene rings is 2. The average molecular weight is 396 g/mol. The van der Waals surface area contributed by atoms with Gasteiger partial charge in [0.05, 0.1) is 18.9 Å². The van der Waals surface area contributed by atoms with Gasteiger partial charge in [0.25, 0.3) is 5.54 Å². The van der Waals surface area contributed by atoms with Gasteiger partial charge < -0.3 is 4.74 Å². The molecule has 4 rings (SSSR count). The van der Waals surface area contributed by atoms with Crippen LogP contribution in [0.15, 0.2) is 70.8 Å². The number of carbonyl (C=O) groups excluding carboxylic acids is 1. The van der Waals surface area contributed by atoms with Crippen molar-refractivity contribution in [2.45, 2.75) is 31.3 Å². The Balaban J connectivity index is 1.90. The van der Waals surface area contributed by atoms with Crippen LogP contribution in [0, 0.1) is 22.7 Å². The maximum absolute atomic E-state index is 12.9. The molecule has 2 heterocycles. The summed E-state index contributed by atoms with van der Waals surface area (Å²) in [5.41, 5.74) is 2.00. The molecule has 2 aliphatic heterocycles. The lowest BCUT2D eigenvalue weighted by Gasteiger charge is -2.32. The van der Waals surface area contributed by atoms with E-state index < -0.39 is 11.5 Å². The summed E-state index contributed by atoms with van der Waals surface area (Å²) in [4.78, 5) is 12.9. The molecule has 2 aliphatic rings. The second kappa shape index (κ2) is 7.85. The zero-order valence-corrected chi connectivity index (χ0v) is 16.6. The Kier molecular flexibility index (Phi) is 5.08. The van der Waals surface area contributed by atoms with Crippen LogP contribution in [0.5, 0.6) is 0 Å². The summed E-state index contributed by atoms with van der Waals surface area (Å²) in [5.74, 6) is -0.497. The van der Waals surface area contributed by atoms with Crippen LogP contribution in [0.4, 0.5) is 0 Å². The van der Waals surface area contributed by atoms with Crippen molar-refractivity contribution in [3.8, 4) is 12.1 Å². The van der Waals surface area contributed by atoms with Crippen molar-refractivity contribution < 1.29 is 9.53 Å². The summed E-state index contributed by atoms with van der Waals surface area (Å²) in [6.07, 6.45) is 2.31. The highest BCUT2D eigenvalue weighted by atomic mass is 16.5. The van der Waals surface area contributed by atoms with Gasteiger partial charge in [0.2, 0.25) is 0 Å². The highest BCUT2D eigenvalue weighted by molar-refractivity contribution is 5.91. The fourth-order valence-electron chi connectivity index (χ4n) is 4.19. The third kappa shape index (κ3) is 3.03. The molecular formula is C24H20N4O2. The number of ether oxygens (including phenoxy) is 1. The zero-order chi connectivity index (χ0) is 21.1. The summed E-state index contributed by atoms with van der Waals surface area (Å²) in [6.45, 7) is 1.95. The lowest BCUT2D eigenvalue weighted by Crippen LogP contribution is -2.42. The van der Waals surface area contributed by atoms with E-state index in [4.69, 9.17) is 4.74 Å². The first-order chi connectivity index (χ1) is 14.6. The molecule has 0 radical (unpaired) electrons. The van der Waals surface area contributed by atoms with Crippen molar-refractivity contribution in [3.63, 3.8) is 0 Å². The van der Waals surface area contributed by atoms with E-state index in [1.807, 2.05) is 54.6 Å². The van der Waals surface area contributed by atoms with Crippen LogP contribution in [-0.2, 0) is 16.0 Å². The number of hydrogen-bond donors (Lipinski definition) is 0. The maximum atomic E-state index is 12.9. The van der Waals surface area contributed by atoms with E-state index in [9.17, 15) is 15.3 Å². The summed E-state index contributed by atoms with van der Waals surface area (Å²) in [6, 6.07) is 21.3. The van der Waals surface area contributed by atoms with Crippen LogP contribution in [0.25, 0.3) is 0 Å². The van der Waals surface area contributed by atoms with Crippen LogP contribution in [0.3, 0.4) is 0 Å². The van der Waals surface area contributed by atoms with Gasteiger partial charge in [0.1, 0.15) is 12.1 Å². The molecule has 0 aromatic heterocycles. The Morgan fingerprint density at radius 1 is 1.17 bits per heavy atom.